The van der Waals surface area contributed by atoms with Crippen molar-refractivity contribution in [1.29, 1.82) is 0 Å². The van der Waals surface area contributed by atoms with Gasteiger partial charge < -0.3 is 9.47 Å². The molecule has 110 valence electrons. The van der Waals surface area contributed by atoms with E-state index < -0.39 is 0 Å². The van der Waals surface area contributed by atoms with Crippen molar-refractivity contribution in [3.05, 3.63) is 46.5 Å². The van der Waals surface area contributed by atoms with Crippen LogP contribution in [0.5, 0.6) is 11.5 Å². The maximum atomic E-state index is 5.30. The van der Waals surface area contributed by atoms with E-state index in [9.17, 15) is 0 Å². The van der Waals surface area contributed by atoms with Crippen molar-refractivity contribution in [3.8, 4) is 11.5 Å². The summed E-state index contributed by atoms with van der Waals surface area (Å²) in [6, 6.07) is 5.79. The first-order chi connectivity index (χ1) is 10.0. The molecule has 1 heterocycles. The number of hydrogen-bond donors (Lipinski definition) is 0. The van der Waals surface area contributed by atoms with Crippen molar-refractivity contribution < 1.29 is 9.47 Å². The molecule has 0 bridgehead atoms. The van der Waals surface area contributed by atoms with Crippen LogP contribution in [0.3, 0.4) is 0 Å². The molecular weight excluding hydrogens is 264 g/mol. The lowest BCUT2D eigenvalue weighted by Gasteiger charge is -2.08. The van der Waals surface area contributed by atoms with Crippen molar-refractivity contribution in [3.63, 3.8) is 0 Å². The predicted octanol–water partition coefficient (Wildman–Crippen LogP) is 3.59. The summed E-state index contributed by atoms with van der Waals surface area (Å²) in [5.74, 6) is 1.43. The highest BCUT2D eigenvalue weighted by Gasteiger charge is 2.04. The Balaban J connectivity index is 2.31. The van der Waals surface area contributed by atoms with Crippen LogP contribution in [-0.2, 0) is 0 Å². The predicted molar refractivity (Wildman–Crippen MR) is 84.7 cm³/mol. The molecule has 2 rings (SSSR count). The quantitative estimate of drug-likeness (QED) is 0.860. The van der Waals surface area contributed by atoms with Gasteiger partial charge in [-0.05, 0) is 44.5 Å². The summed E-state index contributed by atoms with van der Waals surface area (Å²) in [7, 11) is 3.26. The van der Waals surface area contributed by atoms with E-state index in [-0.39, 0.29) is 0 Å². The summed E-state index contributed by atoms with van der Waals surface area (Å²) >= 11 is 0. The van der Waals surface area contributed by atoms with E-state index >= 15 is 0 Å². The van der Waals surface area contributed by atoms with Gasteiger partial charge in [-0.1, -0.05) is 12.1 Å². The summed E-state index contributed by atoms with van der Waals surface area (Å²) in [6.45, 7) is 5.90. The van der Waals surface area contributed by atoms with Gasteiger partial charge in [0.15, 0.2) is 11.5 Å². The molecule has 0 spiro atoms. The largest absolute Gasteiger partial charge is 0.493 e. The number of hydrogen-bond acceptors (Lipinski definition) is 4. The third-order valence-corrected chi connectivity index (χ3v) is 3.36. The number of rotatable bonds is 4. The Morgan fingerprint density at radius 1 is 0.810 bits per heavy atom. The molecule has 0 N–H and O–H groups in total. The summed E-state index contributed by atoms with van der Waals surface area (Å²) < 4.78 is 10.5. The van der Waals surface area contributed by atoms with Gasteiger partial charge in [0.25, 0.3) is 0 Å². The lowest BCUT2D eigenvalue weighted by atomic mass is 10.1. The normalized spacial score (nSPS) is 10.9. The molecule has 1 aromatic carbocycles. The molecule has 0 aliphatic heterocycles. The Bertz CT molecular complexity index is 679. The number of aryl methyl sites for hydroxylation is 3. The summed E-state index contributed by atoms with van der Waals surface area (Å²) in [5, 5.41) is 0. The van der Waals surface area contributed by atoms with Gasteiger partial charge in [0.1, 0.15) is 0 Å². The molecular formula is C17H20N2O2. The van der Waals surface area contributed by atoms with Crippen molar-refractivity contribution in [2.24, 2.45) is 0 Å². The standard InChI is InChI=1S/C17H20N2O2/c1-11-12(2)19-15(13(3)18-11)8-6-14-7-9-16(20-4)17(10-14)21-5/h6-10H,1-5H3/b8-6+. The van der Waals surface area contributed by atoms with E-state index in [4.69, 9.17) is 9.47 Å². The van der Waals surface area contributed by atoms with Gasteiger partial charge in [0.05, 0.1) is 37.0 Å². The van der Waals surface area contributed by atoms with Gasteiger partial charge >= 0.3 is 0 Å². The highest BCUT2D eigenvalue weighted by atomic mass is 16.5. The van der Waals surface area contributed by atoms with Gasteiger partial charge in [-0.3, -0.25) is 4.98 Å². The van der Waals surface area contributed by atoms with Crippen LogP contribution >= 0.6 is 0 Å². The van der Waals surface area contributed by atoms with Crippen LogP contribution in [-0.4, -0.2) is 24.2 Å². The van der Waals surface area contributed by atoms with E-state index in [0.29, 0.717) is 5.75 Å². The number of aromatic nitrogens is 2. The number of nitrogens with zero attached hydrogens (tertiary/aromatic N) is 2. The van der Waals surface area contributed by atoms with E-state index in [1.165, 1.54) is 0 Å². The summed E-state index contributed by atoms with van der Waals surface area (Å²) in [6.07, 6.45) is 3.96. The Kier molecular flexibility index (Phi) is 4.58. The molecule has 0 aliphatic rings. The third kappa shape index (κ3) is 3.40. The molecule has 0 unspecified atom stereocenters. The minimum atomic E-state index is 0.711. The van der Waals surface area contributed by atoms with Gasteiger partial charge in [0.2, 0.25) is 0 Å². The van der Waals surface area contributed by atoms with E-state index in [0.717, 1.165) is 34.1 Å². The third-order valence-electron chi connectivity index (χ3n) is 3.36. The zero-order chi connectivity index (χ0) is 15.4. The fourth-order valence-corrected chi connectivity index (χ4v) is 2.02. The minimum Gasteiger partial charge on any atom is -0.493 e. The molecule has 0 radical (unpaired) electrons. The monoisotopic (exact) mass is 284 g/mol. The second-order valence-corrected chi connectivity index (χ2v) is 4.81. The Labute approximate surface area is 125 Å². The van der Waals surface area contributed by atoms with Crippen LogP contribution < -0.4 is 9.47 Å². The highest BCUT2D eigenvalue weighted by molar-refractivity contribution is 5.70. The first kappa shape index (κ1) is 15.0. The summed E-state index contributed by atoms with van der Waals surface area (Å²) in [5.41, 5.74) is 4.75. The fraction of sp³-hybridized carbons (Fsp3) is 0.294. The molecule has 21 heavy (non-hydrogen) atoms. The van der Waals surface area contributed by atoms with Gasteiger partial charge in [-0.15, -0.1) is 0 Å². The van der Waals surface area contributed by atoms with E-state index in [1.54, 1.807) is 14.2 Å². The average molecular weight is 284 g/mol. The fourth-order valence-electron chi connectivity index (χ4n) is 2.02. The van der Waals surface area contributed by atoms with Crippen molar-refractivity contribution in [2.75, 3.05) is 14.2 Å². The maximum absolute atomic E-state index is 5.30. The average Bonchev–Trinajstić information content (AvgIpc) is 2.49. The Hall–Kier alpha value is -2.36. The first-order valence-corrected chi connectivity index (χ1v) is 6.77. The van der Waals surface area contributed by atoms with Crippen molar-refractivity contribution in [2.45, 2.75) is 20.8 Å². The van der Waals surface area contributed by atoms with Gasteiger partial charge in [-0.25, -0.2) is 4.98 Å². The smallest absolute Gasteiger partial charge is 0.161 e. The van der Waals surface area contributed by atoms with Crippen molar-refractivity contribution in [1.82, 2.24) is 9.97 Å². The van der Waals surface area contributed by atoms with Gasteiger partial charge in [0, 0.05) is 0 Å². The topological polar surface area (TPSA) is 44.2 Å². The molecule has 0 amide bonds. The molecule has 0 saturated carbocycles. The molecule has 0 saturated heterocycles. The molecule has 4 nitrogen and oxygen atoms in total. The molecule has 4 heteroatoms. The van der Waals surface area contributed by atoms with Crippen LogP contribution in [0.1, 0.15) is 28.3 Å². The SMILES string of the molecule is COc1ccc(/C=C/c2nc(C)c(C)nc2C)cc1OC. The Morgan fingerprint density at radius 3 is 2.14 bits per heavy atom. The highest BCUT2D eigenvalue weighted by Crippen LogP contribution is 2.28. The van der Waals surface area contributed by atoms with Crippen LogP contribution in [0.2, 0.25) is 0 Å². The second kappa shape index (κ2) is 6.39. The van der Waals surface area contributed by atoms with Gasteiger partial charge in [-0.2, -0.15) is 0 Å². The van der Waals surface area contributed by atoms with E-state index in [1.807, 2.05) is 51.1 Å². The molecule has 0 fully saturated rings. The number of ether oxygens (including phenoxy) is 2. The number of benzene rings is 1. The maximum Gasteiger partial charge on any atom is 0.161 e. The van der Waals surface area contributed by atoms with Crippen molar-refractivity contribution >= 4 is 12.2 Å². The number of methoxy groups -OCH3 is 2. The zero-order valence-electron chi connectivity index (χ0n) is 13.1. The second-order valence-electron chi connectivity index (χ2n) is 4.81. The van der Waals surface area contributed by atoms with Crippen LogP contribution in [0, 0.1) is 20.8 Å². The van der Waals surface area contributed by atoms with E-state index in [2.05, 4.69) is 9.97 Å². The van der Waals surface area contributed by atoms with Crippen LogP contribution in [0.15, 0.2) is 18.2 Å². The lowest BCUT2D eigenvalue weighted by Crippen LogP contribution is -1.98. The molecule has 1 aromatic heterocycles. The summed E-state index contributed by atoms with van der Waals surface area (Å²) in [4.78, 5) is 9.05. The molecule has 0 aliphatic carbocycles. The first-order valence-electron chi connectivity index (χ1n) is 6.77. The zero-order valence-corrected chi connectivity index (χ0v) is 13.1. The lowest BCUT2D eigenvalue weighted by molar-refractivity contribution is 0.355. The minimum absolute atomic E-state index is 0.711. The van der Waals surface area contributed by atoms with Crippen LogP contribution in [0.25, 0.3) is 12.2 Å². The Morgan fingerprint density at radius 2 is 1.48 bits per heavy atom. The molecule has 2 aromatic rings. The van der Waals surface area contributed by atoms with Crippen LogP contribution in [0.4, 0.5) is 0 Å². The molecule has 0 atom stereocenters.